The maximum atomic E-state index is 9.65. The fourth-order valence-electron chi connectivity index (χ4n) is 3.01. The van der Waals surface area contributed by atoms with Gasteiger partial charge < -0.3 is 10.2 Å². The molecule has 0 saturated carbocycles. The van der Waals surface area contributed by atoms with Crippen molar-refractivity contribution >= 4 is 22.7 Å². The Labute approximate surface area is 129 Å². The first-order chi connectivity index (χ1) is 10.1. The molecule has 0 amide bonds. The molecule has 21 heavy (non-hydrogen) atoms. The molecule has 0 heterocycles. The van der Waals surface area contributed by atoms with E-state index in [1.165, 1.54) is 22.3 Å². The number of aromatic hydroxyl groups is 2. The van der Waals surface area contributed by atoms with Crippen LogP contribution in [0.3, 0.4) is 0 Å². The van der Waals surface area contributed by atoms with E-state index in [0.717, 1.165) is 24.8 Å². The highest BCUT2D eigenvalue weighted by Crippen LogP contribution is 2.38. The van der Waals surface area contributed by atoms with E-state index in [1.54, 1.807) is 12.1 Å². The van der Waals surface area contributed by atoms with Crippen molar-refractivity contribution in [3.63, 3.8) is 0 Å². The molecular formula is C18H17ClO2. The maximum absolute atomic E-state index is 9.65. The summed E-state index contributed by atoms with van der Waals surface area (Å²) in [7, 11) is 0. The van der Waals surface area contributed by atoms with E-state index in [9.17, 15) is 10.2 Å². The van der Waals surface area contributed by atoms with Crippen molar-refractivity contribution < 1.29 is 10.2 Å². The number of fused-ring (bicyclic) bond motifs is 1. The Balaban J connectivity index is 2.14. The molecule has 2 aromatic rings. The number of benzene rings is 2. The Bertz CT molecular complexity index is 732. The van der Waals surface area contributed by atoms with E-state index < -0.39 is 0 Å². The van der Waals surface area contributed by atoms with E-state index in [1.807, 2.05) is 24.3 Å². The normalized spacial score (nSPS) is 14.8. The molecule has 2 N–H and O–H groups in total. The fourth-order valence-corrected chi connectivity index (χ4v) is 3.19. The average molecular weight is 301 g/mol. The number of phenolic OH excluding ortho intramolecular Hbond substituents is 2. The highest BCUT2D eigenvalue weighted by Gasteiger charge is 2.16. The van der Waals surface area contributed by atoms with Crippen LogP contribution in [0.1, 0.15) is 36.5 Å². The maximum Gasteiger partial charge on any atom is 0.134 e. The van der Waals surface area contributed by atoms with Crippen LogP contribution in [0.2, 0.25) is 5.02 Å². The number of allylic oxidation sites excluding steroid dienone is 2. The Morgan fingerprint density at radius 3 is 2.57 bits per heavy atom. The Morgan fingerprint density at radius 1 is 1.00 bits per heavy atom. The van der Waals surface area contributed by atoms with Crippen LogP contribution < -0.4 is 0 Å². The number of rotatable bonds is 1. The minimum absolute atomic E-state index is 0.109. The molecule has 108 valence electrons. The number of halogens is 1. The van der Waals surface area contributed by atoms with Crippen LogP contribution >= 0.6 is 11.6 Å². The summed E-state index contributed by atoms with van der Waals surface area (Å²) in [6, 6.07) is 10.9. The summed E-state index contributed by atoms with van der Waals surface area (Å²) >= 11 is 6.04. The molecule has 0 spiro atoms. The lowest BCUT2D eigenvalue weighted by Crippen LogP contribution is -1.90. The summed E-state index contributed by atoms with van der Waals surface area (Å²) < 4.78 is 0. The first-order valence-electron chi connectivity index (χ1n) is 7.07. The standard InChI is InChI=1S/C18H17ClO2/c1-11-15(13-5-8-18(21)17(19)10-13)4-2-3-12-9-14(20)6-7-16(11)12/h5-10,20-21H,2-4H2,1H3. The molecule has 0 fully saturated rings. The van der Waals surface area contributed by atoms with E-state index in [4.69, 9.17) is 11.6 Å². The SMILES string of the molecule is CC1=C(c2ccc(O)c(Cl)c2)CCCc2cc(O)ccc21. The lowest BCUT2D eigenvalue weighted by Gasteiger charge is -2.12. The minimum atomic E-state index is 0.109. The van der Waals surface area contributed by atoms with Gasteiger partial charge in [0.1, 0.15) is 11.5 Å². The Hall–Kier alpha value is -1.93. The number of hydrogen-bond donors (Lipinski definition) is 2. The summed E-state index contributed by atoms with van der Waals surface area (Å²) in [6.45, 7) is 2.11. The van der Waals surface area contributed by atoms with E-state index in [0.29, 0.717) is 10.8 Å². The monoisotopic (exact) mass is 300 g/mol. The number of aryl methyl sites for hydroxylation is 1. The van der Waals surface area contributed by atoms with Gasteiger partial charge in [-0.1, -0.05) is 23.7 Å². The fraction of sp³-hybridized carbons (Fsp3) is 0.222. The van der Waals surface area contributed by atoms with Crippen molar-refractivity contribution in [3.8, 4) is 11.5 Å². The first-order valence-corrected chi connectivity index (χ1v) is 7.45. The van der Waals surface area contributed by atoms with Crippen molar-refractivity contribution in [2.45, 2.75) is 26.2 Å². The third-order valence-electron chi connectivity index (χ3n) is 4.11. The molecule has 1 aliphatic rings. The lowest BCUT2D eigenvalue weighted by atomic mass is 9.93. The van der Waals surface area contributed by atoms with Crippen molar-refractivity contribution in [2.24, 2.45) is 0 Å². The third kappa shape index (κ3) is 2.64. The van der Waals surface area contributed by atoms with E-state index >= 15 is 0 Å². The van der Waals surface area contributed by atoms with Gasteiger partial charge in [-0.15, -0.1) is 0 Å². The van der Waals surface area contributed by atoms with Gasteiger partial charge in [-0.3, -0.25) is 0 Å². The molecule has 3 heteroatoms. The summed E-state index contributed by atoms with van der Waals surface area (Å²) in [5.41, 5.74) is 5.89. The van der Waals surface area contributed by atoms with E-state index in [-0.39, 0.29) is 5.75 Å². The van der Waals surface area contributed by atoms with Crippen LogP contribution in [0.15, 0.2) is 36.4 Å². The first kappa shape index (κ1) is 14.0. The largest absolute Gasteiger partial charge is 0.508 e. The predicted molar refractivity (Wildman–Crippen MR) is 86.6 cm³/mol. The molecule has 0 unspecified atom stereocenters. The highest BCUT2D eigenvalue weighted by molar-refractivity contribution is 6.32. The lowest BCUT2D eigenvalue weighted by molar-refractivity contribution is 0.474. The van der Waals surface area contributed by atoms with Gasteiger partial charge in [-0.2, -0.15) is 0 Å². The van der Waals surface area contributed by atoms with Crippen molar-refractivity contribution in [1.29, 1.82) is 0 Å². The van der Waals surface area contributed by atoms with Gasteiger partial charge in [0.2, 0.25) is 0 Å². The van der Waals surface area contributed by atoms with Gasteiger partial charge in [-0.05, 0) is 78.3 Å². The van der Waals surface area contributed by atoms with E-state index in [2.05, 4.69) is 6.92 Å². The second kappa shape index (κ2) is 5.45. The van der Waals surface area contributed by atoms with Crippen LogP contribution in [-0.2, 0) is 6.42 Å². The molecule has 1 aliphatic carbocycles. The van der Waals surface area contributed by atoms with Crippen molar-refractivity contribution in [1.82, 2.24) is 0 Å². The molecule has 0 radical (unpaired) electrons. The molecule has 3 rings (SSSR count). The van der Waals surface area contributed by atoms with Gasteiger partial charge >= 0.3 is 0 Å². The zero-order valence-electron chi connectivity index (χ0n) is 11.9. The topological polar surface area (TPSA) is 40.5 Å². The second-order valence-corrected chi connectivity index (χ2v) is 5.87. The van der Waals surface area contributed by atoms with Crippen LogP contribution in [0.4, 0.5) is 0 Å². The molecule has 2 aromatic carbocycles. The molecule has 0 atom stereocenters. The van der Waals surface area contributed by atoms with Crippen LogP contribution in [0.25, 0.3) is 11.1 Å². The molecule has 0 bridgehead atoms. The summed E-state index contributed by atoms with van der Waals surface area (Å²) in [4.78, 5) is 0. The minimum Gasteiger partial charge on any atom is -0.508 e. The smallest absolute Gasteiger partial charge is 0.134 e. The third-order valence-corrected chi connectivity index (χ3v) is 4.42. The van der Waals surface area contributed by atoms with Gasteiger partial charge in [0.15, 0.2) is 0 Å². The molecule has 0 aliphatic heterocycles. The van der Waals surface area contributed by atoms with Crippen LogP contribution in [0, 0.1) is 0 Å². The summed E-state index contributed by atoms with van der Waals surface area (Å²) in [5.74, 6) is 0.426. The van der Waals surface area contributed by atoms with Crippen LogP contribution in [-0.4, -0.2) is 10.2 Å². The predicted octanol–water partition coefficient (Wildman–Crippen LogP) is 5.02. The van der Waals surface area contributed by atoms with Gasteiger partial charge in [0.25, 0.3) is 0 Å². The second-order valence-electron chi connectivity index (χ2n) is 5.46. The zero-order chi connectivity index (χ0) is 15.0. The zero-order valence-corrected chi connectivity index (χ0v) is 12.6. The average Bonchev–Trinajstić information content (AvgIpc) is 2.61. The van der Waals surface area contributed by atoms with Crippen molar-refractivity contribution in [3.05, 3.63) is 58.1 Å². The quantitative estimate of drug-likeness (QED) is 0.776. The Kier molecular flexibility index (Phi) is 3.64. The highest BCUT2D eigenvalue weighted by atomic mass is 35.5. The van der Waals surface area contributed by atoms with Gasteiger partial charge in [0, 0.05) is 0 Å². The summed E-state index contributed by atoms with van der Waals surface area (Å²) in [6.07, 6.45) is 2.94. The van der Waals surface area contributed by atoms with Gasteiger partial charge in [-0.25, -0.2) is 0 Å². The molecule has 0 saturated heterocycles. The van der Waals surface area contributed by atoms with Crippen LogP contribution in [0.5, 0.6) is 11.5 Å². The number of hydrogen-bond acceptors (Lipinski definition) is 2. The molecule has 2 nitrogen and oxygen atoms in total. The van der Waals surface area contributed by atoms with Gasteiger partial charge in [0.05, 0.1) is 5.02 Å². The number of phenols is 2. The Morgan fingerprint density at radius 2 is 1.81 bits per heavy atom. The molecule has 0 aromatic heterocycles. The molecular weight excluding hydrogens is 284 g/mol. The summed E-state index contributed by atoms with van der Waals surface area (Å²) in [5, 5.41) is 19.6. The van der Waals surface area contributed by atoms with Crippen molar-refractivity contribution in [2.75, 3.05) is 0 Å².